The van der Waals surface area contributed by atoms with E-state index in [0.717, 1.165) is 6.07 Å². The monoisotopic (exact) mass is 243 g/mol. The van der Waals surface area contributed by atoms with E-state index in [2.05, 4.69) is 5.32 Å². The van der Waals surface area contributed by atoms with Crippen LogP contribution in [0.1, 0.15) is 25.5 Å². The molecule has 0 saturated carbocycles. The maximum atomic E-state index is 13.5. The summed E-state index contributed by atoms with van der Waals surface area (Å²) in [5.74, 6) is -1.24. The number of hydrogen-bond donors (Lipinski definition) is 1. The lowest BCUT2D eigenvalue weighted by Gasteiger charge is -2.18. The summed E-state index contributed by atoms with van der Waals surface area (Å²) in [6.07, 6.45) is 0. The molecule has 1 aromatic rings. The SMILES string of the molecule is COCC(C)CNC(C)c1cccc(F)c1F. The highest BCUT2D eigenvalue weighted by molar-refractivity contribution is 5.21. The van der Waals surface area contributed by atoms with E-state index in [1.54, 1.807) is 13.2 Å². The normalized spacial score (nSPS) is 14.6. The zero-order valence-corrected chi connectivity index (χ0v) is 10.5. The molecule has 4 heteroatoms. The van der Waals surface area contributed by atoms with Gasteiger partial charge < -0.3 is 10.1 Å². The Labute approximate surface area is 101 Å². The lowest BCUT2D eigenvalue weighted by Crippen LogP contribution is -2.27. The molecule has 17 heavy (non-hydrogen) atoms. The smallest absolute Gasteiger partial charge is 0.163 e. The predicted molar refractivity (Wildman–Crippen MR) is 63.8 cm³/mol. The van der Waals surface area contributed by atoms with Crippen LogP contribution in [0, 0.1) is 17.6 Å². The summed E-state index contributed by atoms with van der Waals surface area (Å²) in [6.45, 7) is 5.19. The highest BCUT2D eigenvalue weighted by Crippen LogP contribution is 2.18. The standard InChI is InChI=1S/C13H19F2NO/c1-9(8-17-3)7-16-10(2)11-5-4-6-12(14)13(11)15/h4-6,9-10,16H,7-8H2,1-3H3. The molecule has 0 heterocycles. The van der Waals surface area contributed by atoms with Gasteiger partial charge in [0.2, 0.25) is 0 Å². The second-order valence-corrected chi connectivity index (χ2v) is 4.33. The fourth-order valence-corrected chi connectivity index (χ4v) is 1.69. The largest absolute Gasteiger partial charge is 0.384 e. The van der Waals surface area contributed by atoms with E-state index in [4.69, 9.17) is 4.74 Å². The van der Waals surface area contributed by atoms with Crippen LogP contribution >= 0.6 is 0 Å². The van der Waals surface area contributed by atoms with Crippen molar-refractivity contribution in [2.45, 2.75) is 19.9 Å². The molecule has 0 aliphatic heterocycles. The third-order valence-electron chi connectivity index (χ3n) is 2.67. The molecule has 1 N–H and O–H groups in total. The van der Waals surface area contributed by atoms with Crippen LogP contribution in [0.25, 0.3) is 0 Å². The Kier molecular flexibility index (Phi) is 5.51. The van der Waals surface area contributed by atoms with Gasteiger partial charge in [0.1, 0.15) is 0 Å². The highest BCUT2D eigenvalue weighted by atomic mass is 19.2. The number of rotatable bonds is 6. The van der Waals surface area contributed by atoms with Gasteiger partial charge in [0.05, 0.1) is 0 Å². The van der Waals surface area contributed by atoms with Crippen molar-refractivity contribution >= 4 is 0 Å². The van der Waals surface area contributed by atoms with Crippen LogP contribution in [0.3, 0.4) is 0 Å². The Morgan fingerprint density at radius 3 is 2.65 bits per heavy atom. The minimum Gasteiger partial charge on any atom is -0.384 e. The topological polar surface area (TPSA) is 21.3 Å². The summed E-state index contributed by atoms with van der Waals surface area (Å²) < 4.78 is 31.5. The predicted octanol–water partition coefficient (Wildman–Crippen LogP) is 2.90. The number of ether oxygens (including phenoxy) is 1. The van der Waals surface area contributed by atoms with Gasteiger partial charge in [-0.25, -0.2) is 8.78 Å². The second kappa shape index (κ2) is 6.67. The molecule has 96 valence electrons. The van der Waals surface area contributed by atoms with Crippen molar-refractivity contribution in [1.29, 1.82) is 0 Å². The van der Waals surface area contributed by atoms with Crippen LogP contribution in [0.15, 0.2) is 18.2 Å². The van der Waals surface area contributed by atoms with E-state index in [1.165, 1.54) is 6.07 Å². The highest BCUT2D eigenvalue weighted by Gasteiger charge is 2.14. The van der Waals surface area contributed by atoms with Gasteiger partial charge in [-0.2, -0.15) is 0 Å². The summed E-state index contributed by atoms with van der Waals surface area (Å²) in [6, 6.07) is 4.02. The van der Waals surface area contributed by atoms with Crippen LogP contribution in [-0.2, 0) is 4.74 Å². The molecule has 0 aliphatic rings. The first-order valence-corrected chi connectivity index (χ1v) is 5.72. The number of hydrogen-bond acceptors (Lipinski definition) is 2. The zero-order chi connectivity index (χ0) is 12.8. The van der Waals surface area contributed by atoms with Crippen molar-refractivity contribution < 1.29 is 13.5 Å². The molecule has 2 unspecified atom stereocenters. The second-order valence-electron chi connectivity index (χ2n) is 4.33. The Hall–Kier alpha value is -1.00. The van der Waals surface area contributed by atoms with Gasteiger partial charge >= 0.3 is 0 Å². The number of nitrogens with one attached hydrogen (secondary N) is 1. The van der Waals surface area contributed by atoms with E-state index in [-0.39, 0.29) is 6.04 Å². The van der Waals surface area contributed by atoms with Crippen LogP contribution in [0.4, 0.5) is 8.78 Å². The third-order valence-corrected chi connectivity index (χ3v) is 2.67. The summed E-state index contributed by atoms with van der Waals surface area (Å²) in [5.41, 5.74) is 0.356. The minimum atomic E-state index is -0.805. The third kappa shape index (κ3) is 4.06. The summed E-state index contributed by atoms with van der Waals surface area (Å²) in [5, 5.41) is 3.16. The van der Waals surface area contributed by atoms with E-state index in [9.17, 15) is 8.78 Å². The van der Waals surface area contributed by atoms with Crippen LogP contribution in [0.5, 0.6) is 0 Å². The fourth-order valence-electron chi connectivity index (χ4n) is 1.69. The Balaban J connectivity index is 2.58. The Morgan fingerprint density at radius 1 is 1.29 bits per heavy atom. The Bertz CT molecular complexity index is 357. The molecule has 0 spiro atoms. The molecular weight excluding hydrogens is 224 g/mol. The number of methoxy groups -OCH3 is 1. The van der Waals surface area contributed by atoms with Crippen molar-refractivity contribution in [3.8, 4) is 0 Å². The van der Waals surface area contributed by atoms with Gasteiger partial charge in [0.15, 0.2) is 11.6 Å². The molecule has 0 radical (unpaired) electrons. The first kappa shape index (κ1) is 14.1. The molecule has 0 aliphatic carbocycles. The fraction of sp³-hybridized carbons (Fsp3) is 0.538. The van der Waals surface area contributed by atoms with Crippen molar-refractivity contribution in [1.82, 2.24) is 5.32 Å². The maximum Gasteiger partial charge on any atom is 0.163 e. The average Bonchev–Trinajstić information content (AvgIpc) is 2.30. The van der Waals surface area contributed by atoms with E-state index < -0.39 is 11.6 Å². The van der Waals surface area contributed by atoms with Crippen LogP contribution < -0.4 is 5.32 Å². The van der Waals surface area contributed by atoms with Crippen molar-refractivity contribution in [2.75, 3.05) is 20.3 Å². The molecule has 0 fully saturated rings. The van der Waals surface area contributed by atoms with Crippen molar-refractivity contribution in [2.24, 2.45) is 5.92 Å². The van der Waals surface area contributed by atoms with Crippen molar-refractivity contribution in [3.63, 3.8) is 0 Å². The molecule has 0 aromatic heterocycles. The quantitative estimate of drug-likeness (QED) is 0.829. The Morgan fingerprint density at radius 2 is 2.00 bits per heavy atom. The van der Waals surface area contributed by atoms with Crippen molar-refractivity contribution in [3.05, 3.63) is 35.4 Å². The molecular formula is C13H19F2NO. The summed E-state index contributed by atoms with van der Waals surface area (Å²) in [4.78, 5) is 0. The van der Waals surface area contributed by atoms with Gasteiger partial charge in [0, 0.05) is 31.9 Å². The lowest BCUT2D eigenvalue weighted by atomic mass is 10.1. The zero-order valence-electron chi connectivity index (χ0n) is 10.5. The molecule has 1 rings (SSSR count). The van der Waals surface area contributed by atoms with Gasteiger partial charge in [0.25, 0.3) is 0 Å². The van der Waals surface area contributed by atoms with Gasteiger partial charge in [-0.3, -0.25) is 0 Å². The molecule has 0 amide bonds. The van der Waals surface area contributed by atoms with Gasteiger partial charge in [-0.05, 0) is 18.9 Å². The average molecular weight is 243 g/mol. The van der Waals surface area contributed by atoms with E-state index in [1.807, 2.05) is 13.8 Å². The number of benzene rings is 1. The molecule has 1 aromatic carbocycles. The van der Waals surface area contributed by atoms with Gasteiger partial charge in [-0.15, -0.1) is 0 Å². The number of halogens is 2. The first-order valence-electron chi connectivity index (χ1n) is 5.72. The molecule has 0 bridgehead atoms. The van der Waals surface area contributed by atoms with Crippen LogP contribution in [-0.4, -0.2) is 20.3 Å². The van der Waals surface area contributed by atoms with E-state index >= 15 is 0 Å². The first-order chi connectivity index (χ1) is 8.06. The lowest BCUT2D eigenvalue weighted by molar-refractivity contribution is 0.157. The minimum absolute atomic E-state index is 0.218. The van der Waals surface area contributed by atoms with E-state index in [0.29, 0.717) is 24.6 Å². The molecule has 2 atom stereocenters. The summed E-state index contributed by atoms with van der Waals surface area (Å²) in [7, 11) is 1.65. The summed E-state index contributed by atoms with van der Waals surface area (Å²) >= 11 is 0. The van der Waals surface area contributed by atoms with Gasteiger partial charge in [-0.1, -0.05) is 19.1 Å². The molecule has 0 saturated heterocycles. The maximum absolute atomic E-state index is 13.5. The molecule has 2 nitrogen and oxygen atoms in total. The van der Waals surface area contributed by atoms with Crippen LogP contribution in [0.2, 0.25) is 0 Å².